The van der Waals surface area contributed by atoms with E-state index in [2.05, 4.69) is 34.3 Å². The SMILES string of the molecule is CC(C)OCc1c(C(=O)Nc2ccc(N3CCN(C)CC3)cc2)oc2ccccc12. The highest BCUT2D eigenvalue weighted by Gasteiger charge is 2.21. The zero-order valence-corrected chi connectivity index (χ0v) is 17.9. The molecule has 0 bridgehead atoms. The molecule has 4 rings (SSSR count). The van der Waals surface area contributed by atoms with Crippen LogP contribution in [0.1, 0.15) is 30.0 Å². The summed E-state index contributed by atoms with van der Waals surface area (Å²) in [5.41, 5.74) is 3.39. The van der Waals surface area contributed by atoms with Crippen molar-refractivity contribution < 1.29 is 13.9 Å². The van der Waals surface area contributed by atoms with Gasteiger partial charge in [-0.25, -0.2) is 0 Å². The zero-order chi connectivity index (χ0) is 21.1. The second-order valence-electron chi connectivity index (χ2n) is 8.06. The molecular formula is C24H29N3O3. The number of carbonyl (C=O) groups excluding carboxylic acids is 1. The van der Waals surface area contributed by atoms with Gasteiger partial charge >= 0.3 is 0 Å². The Bertz CT molecular complexity index is 1000. The fourth-order valence-corrected chi connectivity index (χ4v) is 3.68. The van der Waals surface area contributed by atoms with Crippen LogP contribution in [0.25, 0.3) is 11.0 Å². The Morgan fingerprint density at radius 2 is 1.77 bits per heavy atom. The molecule has 3 aromatic rings. The largest absolute Gasteiger partial charge is 0.451 e. The highest BCUT2D eigenvalue weighted by Crippen LogP contribution is 2.28. The van der Waals surface area contributed by atoms with Crippen molar-refractivity contribution in [2.75, 3.05) is 43.4 Å². The van der Waals surface area contributed by atoms with E-state index in [0.717, 1.165) is 42.8 Å². The number of nitrogens with zero attached hydrogens (tertiary/aromatic N) is 2. The molecule has 1 aliphatic heterocycles. The summed E-state index contributed by atoms with van der Waals surface area (Å²) in [5, 5.41) is 3.88. The summed E-state index contributed by atoms with van der Waals surface area (Å²) >= 11 is 0. The first-order valence-electron chi connectivity index (χ1n) is 10.5. The molecule has 2 heterocycles. The normalized spacial score (nSPS) is 15.1. The number of fused-ring (bicyclic) bond motifs is 1. The van der Waals surface area contributed by atoms with E-state index in [1.165, 1.54) is 5.69 Å². The first kappa shape index (κ1) is 20.4. The van der Waals surface area contributed by atoms with E-state index < -0.39 is 0 Å². The topological polar surface area (TPSA) is 58.0 Å². The Morgan fingerprint density at radius 3 is 2.47 bits per heavy atom. The number of ether oxygens (including phenoxy) is 1. The molecule has 0 atom stereocenters. The van der Waals surface area contributed by atoms with Gasteiger partial charge in [0.25, 0.3) is 5.91 Å². The van der Waals surface area contributed by atoms with Gasteiger partial charge < -0.3 is 24.3 Å². The Morgan fingerprint density at radius 1 is 1.07 bits per heavy atom. The second-order valence-corrected chi connectivity index (χ2v) is 8.06. The minimum Gasteiger partial charge on any atom is -0.451 e. The first-order valence-corrected chi connectivity index (χ1v) is 10.5. The number of para-hydroxylation sites is 1. The lowest BCUT2D eigenvalue weighted by molar-refractivity contribution is 0.0648. The molecule has 6 nitrogen and oxygen atoms in total. The van der Waals surface area contributed by atoms with Crippen LogP contribution in [0.15, 0.2) is 52.9 Å². The maximum absolute atomic E-state index is 13.0. The van der Waals surface area contributed by atoms with Crippen LogP contribution in [-0.4, -0.2) is 50.1 Å². The molecule has 0 saturated carbocycles. The number of likely N-dealkylation sites (N-methyl/N-ethyl adjacent to an activating group) is 1. The predicted octanol–water partition coefficient (Wildman–Crippen LogP) is 4.36. The number of amides is 1. The number of benzene rings is 2. The van der Waals surface area contributed by atoms with Gasteiger partial charge in [-0.15, -0.1) is 0 Å². The Labute approximate surface area is 177 Å². The van der Waals surface area contributed by atoms with Gasteiger partial charge in [-0.2, -0.15) is 0 Å². The van der Waals surface area contributed by atoms with Crippen molar-refractivity contribution >= 4 is 28.3 Å². The fourth-order valence-electron chi connectivity index (χ4n) is 3.68. The average molecular weight is 408 g/mol. The van der Waals surface area contributed by atoms with Gasteiger partial charge in [-0.1, -0.05) is 18.2 Å². The van der Waals surface area contributed by atoms with Crippen LogP contribution >= 0.6 is 0 Å². The molecule has 6 heteroatoms. The lowest BCUT2D eigenvalue weighted by atomic mass is 10.1. The summed E-state index contributed by atoms with van der Waals surface area (Å²) in [5.74, 6) is 0.0425. The van der Waals surface area contributed by atoms with Crippen LogP contribution in [-0.2, 0) is 11.3 Å². The van der Waals surface area contributed by atoms with Gasteiger partial charge in [0.1, 0.15) is 5.58 Å². The molecule has 0 unspecified atom stereocenters. The summed E-state index contributed by atoms with van der Waals surface area (Å²) in [6.07, 6.45) is 0.0664. The molecule has 1 aliphatic rings. The highest BCUT2D eigenvalue weighted by atomic mass is 16.5. The first-order chi connectivity index (χ1) is 14.5. The molecule has 30 heavy (non-hydrogen) atoms. The van der Waals surface area contributed by atoms with Crippen molar-refractivity contribution in [3.63, 3.8) is 0 Å². The van der Waals surface area contributed by atoms with E-state index in [-0.39, 0.29) is 12.0 Å². The van der Waals surface area contributed by atoms with E-state index in [1.807, 2.05) is 50.2 Å². The maximum atomic E-state index is 13.0. The number of nitrogens with one attached hydrogen (secondary N) is 1. The molecule has 0 radical (unpaired) electrons. The van der Waals surface area contributed by atoms with Gasteiger partial charge in [0.05, 0.1) is 12.7 Å². The lowest BCUT2D eigenvalue weighted by Crippen LogP contribution is -2.44. The smallest absolute Gasteiger partial charge is 0.291 e. The van der Waals surface area contributed by atoms with Gasteiger partial charge in [-0.05, 0) is 51.2 Å². The highest BCUT2D eigenvalue weighted by molar-refractivity contribution is 6.06. The van der Waals surface area contributed by atoms with Crippen molar-refractivity contribution in [3.8, 4) is 0 Å². The summed E-state index contributed by atoms with van der Waals surface area (Å²) < 4.78 is 11.7. The van der Waals surface area contributed by atoms with E-state index in [1.54, 1.807) is 0 Å². The number of anilines is 2. The number of rotatable bonds is 6. The third-order valence-corrected chi connectivity index (χ3v) is 5.46. The summed E-state index contributed by atoms with van der Waals surface area (Å²) in [7, 11) is 2.15. The molecule has 2 aromatic carbocycles. The van der Waals surface area contributed by atoms with Crippen molar-refractivity contribution in [1.29, 1.82) is 0 Å². The van der Waals surface area contributed by atoms with E-state index in [9.17, 15) is 4.79 Å². The number of hydrogen-bond acceptors (Lipinski definition) is 5. The van der Waals surface area contributed by atoms with Crippen LogP contribution in [0.5, 0.6) is 0 Å². The molecule has 0 aliphatic carbocycles. The van der Waals surface area contributed by atoms with Crippen LogP contribution in [0, 0.1) is 0 Å². The minimum atomic E-state index is -0.263. The van der Waals surface area contributed by atoms with E-state index in [0.29, 0.717) is 18.0 Å². The van der Waals surface area contributed by atoms with Crippen molar-refractivity contribution in [3.05, 3.63) is 59.9 Å². The number of hydrogen-bond donors (Lipinski definition) is 1. The molecule has 0 spiro atoms. The lowest BCUT2D eigenvalue weighted by Gasteiger charge is -2.34. The zero-order valence-electron chi connectivity index (χ0n) is 17.9. The quantitative estimate of drug-likeness (QED) is 0.658. The number of carbonyl (C=O) groups is 1. The van der Waals surface area contributed by atoms with Crippen LogP contribution in [0.3, 0.4) is 0 Å². The third-order valence-electron chi connectivity index (χ3n) is 5.46. The Kier molecular flexibility index (Phi) is 6.06. The maximum Gasteiger partial charge on any atom is 0.291 e. The molecule has 1 N–H and O–H groups in total. The average Bonchev–Trinajstić information content (AvgIpc) is 3.12. The molecular weight excluding hydrogens is 378 g/mol. The van der Waals surface area contributed by atoms with E-state index >= 15 is 0 Å². The van der Waals surface area contributed by atoms with Gasteiger partial charge in [-0.3, -0.25) is 4.79 Å². The number of furan rings is 1. The van der Waals surface area contributed by atoms with Crippen LogP contribution in [0.2, 0.25) is 0 Å². The minimum absolute atomic E-state index is 0.0664. The summed E-state index contributed by atoms with van der Waals surface area (Å²) in [6, 6.07) is 15.7. The van der Waals surface area contributed by atoms with Crippen LogP contribution < -0.4 is 10.2 Å². The summed E-state index contributed by atoms with van der Waals surface area (Å²) in [4.78, 5) is 17.7. The van der Waals surface area contributed by atoms with Crippen molar-refractivity contribution in [1.82, 2.24) is 4.90 Å². The molecule has 1 aromatic heterocycles. The monoisotopic (exact) mass is 407 g/mol. The Balaban J connectivity index is 1.51. The van der Waals surface area contributed by atoms with E-state index in [4.69, 9.17) is 9.15 Å². The number of piperazine rings is 1. The van der Waals surface area contributed by atoms with Gasteiger partial charge in [0.2, 0.25) is 0 Å². The van der Waals surface area contributed by atoms with Crippen LogP contribution in [0.4, 0.5) is 11.4 Å². The molecule has 1 fully saturated rings. The third kappa shape index (κ3) is 4.50. The molecule has 1 saturated heterocycles. The standard InChI is InChI=1S/C24H29N3O3/c1-17(2)29-16-21-20-6-4-5-7-22(20)30-23(21)24(28)25-18-8-10-19(11-9-18)27-14-12-26(3)13-15-27/h4-11,17H,12-16H2,1-3H3,(H,25,28). The molecule has 158 valence electrons. The van der Waals surface area contributed by atoms with Gasteiger partial charge in [0, 0.05) is 48.5 Å². The predicted molar refractivity (Wildman–Crippen MR) is 120 cm³/mol. The second kappa shape index (κ2) is 8.90. The van der Waals surface area contributed by atoms with Gasteiger partial charge in [0.15, 0.2) is 5.76 Å². The Hall–Kier alpha value is -2.83. The fraction of sp³-hybridized carbons (Fsp3) is 0.375. The molecule has 1 amide bonds. The van der Waals surface area contributed by atoms with Crippen molar-refractivity contribution in [2.24, 2.45) is 0 Å². The summed E-state index contributed by atoms with van der Waals surface area (Å²) in [6.45, 7) is 8.44. The van der Waals surface area contributed by atoms with Crippen molar-refractivity contribution in [2.45, 2.75) is 26.6 Å².